The molecule has 0 aliphatic heterocycles. The summed E-state index contributed by atoms with van der Waals surface area (Å²) in [4.78, 5) is 13.1. The minimum Gasteiger partial charge on any atom is -0.435 e. The normalized spacial score (nSPS) is 10.9. The quantitative estimate of drug-likeness (QED) is 0.584. The van der Waals surface area contributed by atoms with Crippen LogP contribution < -0.4 is 10.1 Å². The molecule has 2 heterocycles. The molecule has 3 rings (SSSR count). The van der Waals surface area contributed by atoms with Crippen LogP contribution in [0.15, 0.2) is 41.8 Å². The van der Waals surface area contributed by atoms with E-state index in [-0.39, 0.29) is 18.1 Å². The third-order valence-corrected chi connectivity index (χ3v) is 4.58. The number of halogens is 2. The fraction of sp³-hybridized carbons (Fsp3) is 0.188. The van der Waals surface area contributed by atoms with Crippen molar-refractivity contribution >= 4 is 35.1 Å². The predicted octanol–water partition coefficient (Wildman–Crippen LogP) is 4.30. The van der Waals surface area contributed by atoms with Gasteiger partial charge in [-0.1, -0.05) is 12.1 Å². The molecule has 0 atom stereocenters. The molecule has 0 saturated carbocycles. The van der Waals surface area contributed by atoms with E-state index in [1.807, 2.05) is 17.5 Å². The summed E-state index contributed by atoms with van der Waals surface area (Å²) >= 11 is 6.74. The van der Waals surface area contributed by atoms with Gasteiger partial charge in [0, 0.05) is 24.7 Å². The highest BCUT2D eigenvalue weighted by Crippen LogP contribution is 2.23. The molecule has 1 aromatic carbocycles. The standard InChI is InChI=1S/C16H14F2N4O2S2/c17-15(18)24-11-4-1-3-10(9-11)19-13(23)6-7-22-14(20-21-16(22)25)12-5-2-8-26-12/h1-5,8-9,15H,6-7H2,(H,19,23)(H,21,25). The smallest absolute Gasteiger partial charge is 0.387 e. The molecule has 0 aliphatic carbocycles. The van der Waals surface area contributed by atoms with Crippen molar-refractivity contribution in [2.75, 3.05) is 5.32 Å². The molecule has 26 heavy (non-hydrogen) atoms. The zero-order valence-corrected chi connectivity index (χ0v) is 14.9. The van der Waals surface area contributed by atoms with Gasteiger partial charge in [0.15, 0.2) is 10.6 Å². The number of nitrogens with one attached hydrogen (secondary N) is 2. The van der Waals surface area contributed by atoms with Gasteiger partial charge in [-0.15, -0.1) is 11.3 Å². The number of H-pyrrole nitrogens is 1. The van der Waals surface area contributed by atoms with Crippen LogP contribution in [0.2, 0.25) is 0 Å². The monoisotopic (exact) mass is 396 g/mol. The number of carbonyl (C=O) groups is 1. The van der Waals surface area contributed by atoms with Crippen LogP contribution in [0, 0.1) is 4.77 Å². The average Bonchev–Trinajstić information content (AvgIpc) is 3.22. The van der Waals surface area contributed by atoms with E-state index in [0.717, 1.165) is 4.88 Å². The van der Waals surface area contributed by atoms with Gasteiger partial charge in [-0.05, 0) is 35.8 Å². The summed E-state index contributed by atoms with van der Waals surface area (Å²) in [6.07, 6.45) is 0.145. The number of anilines is 1. The first-order valence-electron chi connectivity index (χ1n) is 7.57. The van der Waals surface area contributed by atoms with Crippen LogP contribution in [-0.4, -0.2) is 27.3 Å². The van der Waals surface area contributed by atoms with Gasteiger partial charge in [-0.25, -0.2) is 0 Å². The molecule has 6 nitrogen and oxygen atoms in total. The first-order chi connectivity index (χ1) is 12.5. The van der Waals surface area contributed by atoms with Crippen LogP contribution in [-0.2, 0) is 11.3 Å². The predicted molar refractivity (Wildman–Crippen MR) is 97.0 cm³/mol. The number of amides is 1. The molecule has 0 aliphatic rings. The van der Waals surface area contributed by atoms with Gasteiger partial charge in [0.2, 0.25) is 5.91 Å². The lowest BCUT2D eigenvalue weighted by molar-refractivity contribution is -0.116. The van der Waals surface area contributed by atoms with Crippen molar-refractivity contribution in [2.24, 2.45) is 0 Å². The SMILES string of the molecule is O=C(CCn1c(-c2cccs2)n[nH]c1=S)Nc1cccc(OC(F)F)c1. The van der Waals surface area contributed by atoms with E-state index in [4.69, 9.17) is 12.2 Å². The van der Waals surface area contributed by atoms with E-state index in [9.17, 15) is 13.6 Å². The average molecular weight is 396 g/mol. The molecule has 0 radical (unpaired) electrons. The van der Waals surface area contributed by atoms with Gasteiger partial charge in [-0.3, -0.25) is 14.5 Å². The number of benzene rings is 1. The Bertz CT molecular complexity index is 938. The first kappa shape index (κ1) is 18.2. The largest absolute Gasteiger partial charge is 0.435 e. The summed E-state index contributed by atoms with van der Waals surface area (Å²) in [5.74, 6) is 0.374. The second kappa shape index (κ2) is 8.19. The van der Waals surface area contributed by atoms with Gasteiger partial charge in [0.25, 0.3) is 0 Å². The molecule has 0 spiro atoms. The topological polar surface area (TPSA) is 71.9 Å². The molecule has 10 heteroatoms. The Balaban J connectivity index is 1.64. The third-order valence-electron chi connectivity index (χ3n) is 3.41. The maximum atomic E-state index is 12.3. The molecule has 0 unspecified atom stereocenters. The van der Waals surface area contributed by atoms with E-state index in [2.05, 4.69) is 20.3 Å². The van der Waals surface area contributed by atoms with Gasteiger partial charge >= 0.3 is 6.61 Å². The number of aromatic amines is 1. The van der Waals surface area contributed by atoms with Gasteiger partial charge in [-0.2, -0.15) is 13.9 Å². The number of thiophene rings is 1. The summed E-state index contributed by atoms with van der Waals surface area (Å²) in [6.45, 7) is -2.58. The Morgan fingerprint density at radius 2 is 2.23 bits per heavy atom. The Morgan fingerprint density at radius 3 is 2.96 bits per heavy atom. The van der Waals surface area contributed by atoms with E-state index in [0.29, 0.717) is 22.8 Å². The summed E-state index contributed by atoms with van der Waals surface area (Å²) in [7, 11) is 0. The molecular formula is C16H14F2N4O2S2. The Kier molecular flexibility index (Phi) is 5.74. The summed E-state index contributed by atoms with van der Waals surface area (Å²) in [5.41, 5.74) is 0.377. The third kappa shape index (κ3) is 4.52. The molecule has 2 aromatic heterocycles. The van der Waals surface area contributed by atoms with Crippen molar-refractivity contribution in [3.63, 3.8) is 0 Å². The van der Waals surface area contributed by atoms with Crippen molar-refractivity contribution in [3.8, 4) is 16.5 Å². The number of alkyl halides is 2. The van der Waals surface area contributed by atoms with Crippen LogP contribution in [0.3, 0.4) is 0 Å². The number of rotatable bonds is 7. The van der Waals surface area contributed by atoms with E-state index in [1.165, 1.54) is 29.5 Å². The maximum absolute atomic E-state index is 12.3. The van der Waals surface area contributed by atoms with Crippen molar-refractivity contribution in [3.05, 3.63) is 46.5 Å². The lowest BCUT2D eigenvalue weighted by atomic mass is 10.3. The highest BCUT2D eigenvalue weighted by molar-refractivity contribution is 7.71. The Morgan fingerprint density at radius 1 is 1.38 bits per heavy atom. The highest BCUT2D eigenvalue weighted by atomic mass is 32.1. The number of ether oxygens (including phenoxy) is 1. The zero-order chi connectivity index (χ0) is 18.5. The molecule has 0 bridgehead atoms. The van der Waals surface area contributed by atoms with E-state index >= 15 is 0 Å². The number of carbonyl (C=O) groups excluding carboxylic acids is 1. The molecule has 0 fully saturated rings. The maximum Gasteiger partial charge on any atom is 0.387 e. The number of hydrogen-bond donors (Lipinski definition) is 2. The number of hydrogen-bond acceptors (Lipinski definition) is 5. The second-order valence-electron chi connectivity index (χ2n) is 5.19. The number of nitrogens with zero attached hydrogens (tertiary/aromatic N) is 2. The minimum atomic E-state index is -2.92. The Hall–Kier alpha value is -2.59. The van der Waals surface area contributed by atoms with Crippen molar-refractivity contribution in [2.45, 2.75) is 19.6 Å². The fourth-order valence-electron chi connectivity index (χ4n) is 2.31. The van der Waals surface area contributed by atoms with Crippen LogP contribution >= 0.6 is 23.6 Å². The van der Waals surface area contributed by atoms with E-state index in [1.54, 1.807) is 10.6 Å². The van der Waals surface area contributed by atoms with Crippen LogP contribution in [0.5, 0.6) is 5.75 Å². The van der Waals surface area contributed by atoms with Gasteiger partial charge in [0.1, 0.15) is 5.75 Å². The Labute approximate surface area is 156 Å². The minimum absolute atomic E-state index is 0.0187. The van der Waals surface area contributed by atoms with Crippen LogP contribution in [0.4, 0.5) is 14.5 Å². The first-order valence-corrected chi connectivity index (χ1v) is 8.85. The van der Waals surface area contributed by atoms with Crippen LogP contribution in [0.25, 0.3) is 10.7 Å². The molecule has 3 aromatic rings. The highest BCUT2D eigenvalue weighted by Gasteiger charge is 2.12. The van der Waals surface area contributed by atoms with Crippen molar-refractivity contribution < 1.29 is 18.3 Å². The van der Waals surface area contributed by atoms with Gasteiger partial charge < -0.3 is 10.1 Å². The summed E-state index contributed by atoms with van der Waals surface area (Å²) < 4.78 is 31.0. The molecule has 1 amide bonds. The lowest BCUT2D eigenvalue weighted by Crippen LogP contribution is -2.15. The zero-order valence-electron chi connectivity index (χ0n) is 13.3. The van der Waals surface area contributed by atoms with Crippen molar-refractivity contribution in [1.82, 2.24) is 14.8 Å². The summed E-state index contributed by atoms with van der Waals surface area (Å²) in [6, 6.07) is 9.67. The van der Waals surface area contributed by atoms with E-state index < -0.39 is 6.61 Å². The molecule has 2 N–H and O–H groups in total. The second-order valence-corrected chi connectivity index (χ2v) is 6.52. The summed E-state index contributed by atoms with van der Waals surface area (Å²) in [5, 5.41) is 11.5. The van der Waals surface area contributed by atoms with Gasteiger partial charge in [0.05, 0.1) is 4.88 Å². The molecule has 0 saturated heterocycles. The molecule has 136 valence electrons. The lowest BCUT2D eigenvalue weighted by Gasteiger charge is -2.09. The molecular weight excluding hydrogens is 382 g/mol. The number of aromatic nitrogens is 3. The van der Waals surface area contributed by atoms with Crippen LogP contribution in [0.1, 0.15) is 6.42 Å². The fourth-order valence-corrected chi connectivity index (χ4v) is 3.25. The van der Waals surface area contributed by atoms with Crippen molar-refractivity contribution in [1.29, 1.82) is 0 Å².